The van der Waals surface area contributed by atoms with Crippen molar-refractivity contribution in [2.24, 2.45) is 107 Å². The first-order valence-electron chi connectivity index (χ1n) is 25.4. The van der Waals surface area contributed by atoms with Crippen LogP contribution in [0.25, 0.3) is 0 Å². The molecule has 6 fully saturated rings. The Morgan fingerprint density at radius 2 is 0.508 bits per heavy atom. The van der Waals surface area contributed by atoms with Crippen molar-refractivity contribution in [1.29, 1.82) is 0 Å². The summed E-state index contributed by atoms with van der Waals surface area (Å²) in [6, 6.07) is 0. The molecule has 0 aromatic rings. The van der Waals surface area contributed by atoms with Gasteiger partial charge in [0.05, 0.1) is 13.2 Å². The van der Waals surface area contributed by atoms with Gasteiger partial charge in [0.2, 0.25) is 0 Å². The maximum atomic E-state index is 6.27. The van der Waals surface area contributed by atoms with E-state index in [2.05, 4.69) is 99.1 Å². The van der Waals surface area contributed by atoms with E-state index in [1.165, 1.54) is 77.0 Å². The van der Waals surface area contributed by atoms with E-state index in [-0.39, 0.29) is 0 Å². The molecule has 0 aromatic carbocycles. The van der Waals surface area contributed by atoms with Crippen molar-refractivity contribution < 1.29 is 27.2 Å². The van der Waals surface area contributed by atoms with E-state index in [9.17, 15) is 0 Å². The summed E-state index contributed by atoms with van der Waals surface area (Å²) in [5.41, 5.74) is 0. The minimum atomic E-state index is -1.94. The summed E-state index contributed by atoms with van der Waals surface area (Å²) in [6.07, 6.45) is 45.1. The molecule has 0 heterocycles. The van der Waals surface area contributed by atoms with Crippen LogP contribution in [0.3, 0.4) is 0 Å². The van der Waals surface area contributed by atoms with Gasteiger partial charge < -0.3 is 27.2 Å². The van der Waals surface area contributed by atoms with Crippen LogP contribution in [-0.2, 0) is 27.2 Å². The van der Waals surface area contributed by atoms with Crippen LogP contribution in [-0.4, -0.2) is 63.6 Å². The molecule has 0 saturated heterocycles. The van der Waals surface area contributed by atoms with Crippen molar-refractivity contribution in [3.05, 3.63) is 72.9 Å². The van der Waals surface area contributed by atoms with E-state index in [4.69, 9.17) is 27.2 Å². The molecule has 12 bridgehead atoms. The molecule has 12 aliphatic carbocycles. The summed E-state index contributed by atoms with van der Waals surface area (Å²) in [6.45, 7) is 14.8. The first-order valence-corrected chi connectivity index (χ1v) is 31.0. The lowest BCUT2D eigenvalue weighted by Crippen LogP contribution is -2.39. The molecule has 18 unspecified atom stereocenters. The van der Waals surface area contributed by atoms with Crippen LogP contribution < -0.4 is 0 Å². The standard InChI is InChI=1S/2C18H28O2Si.C17H24O2/c2*1-21(2,19-11-17-9-13-3-5-15(17)7-13)20-12-18-10-14-4-6-16(18)8-14;1-3-14-5-12(1)7-16(14)9-18-11-19-10-17-8-13-2-4-15(17)6-13/h2*3-6,13-18H,7-12H2,1-2H3;1-4,12-17H,5-11H2. The Morgan fingerprint density at radius 1 is 0.295 bits per heavy atom. The fraction of sp³-hybridized carbons (Fsp3) is 0.774. The average molecular weight is 869 g/mol. The van der Waals surface area contributed by atoms with Gasteiger partial charge in [-0.05, 0) is 210 Å². The Hall–Kier alpha value is -1.37. The Labute approximate surface area is 371 Å². The lowest BCUT2D eigenvalue weighted by atomic mass is 9.94. The number of hydrogen-bond acceptors (Lipinski definition) is 6. The first-order chi connectivity index (χ1) is 29.6. The maximum absolute atomic E-state index is 6.27. The predicted octanol–water partition coefficient (Wildman–Crippen LogP) is 11.7. The van der Waals surface area contributed by atoms with Gasteiger partial charge in [-0.15, -0.1) is 0 Å². The van der Waals surface area contributed by atoms with E-state index in [0.29, 0.717) is 6.79 Å². The summed E-state index contributed by atoms with van der Waals surface area (Å²) in [4.78, 5) is 0. The quantitative estimate of drug-likeness (QED) is 0.0592. The van der Waals surface area contributed by atoms with Crippen molar-refractivity contribution in [3.8, 4) is 0 Å². The number of ether oxygens (including phenoxy) is 2. The summed E-state index contributed by atoms with van der Waals surface area (Å²) in [5, 5.41) is 0. The Kier molecular flexibility index (Phi) is 13.5. The molecular weight excluding hydrogens is 789 g/mol. The predicted molar refractivity (Wildman–Crippen MR) is 249 cm³/mol. The first kappa shape index (κ1) is 43.5. The number of fused-ring (bicyclic) bond motifs is 12. The second-order valence-electron chi connectivity index (χ2n) is 23.1. The van der Waals surface area contributed by atoms with E-state index >= 15 is 0 Å². The topological polar surface area (TPSA) is 55.4 Å². The highest BCUT2D eigenvalue weighted by Gasteiger charge is 2.42. The highest BCUT2D eigenvalue weighted by molar-refractivity contribution is 6.64. The number of rotatable bonds is 18. The summed E-state index contributed by atoms with van der Waals surface area (Å²) in [7, 11) is -3.88. The van der Waals surface area contributed by atoms with Gasteiger partial charge in [0.25, 0.3) is 0 Å². The van der Waals surface area contributed by atoms with Crippen molar-refractivity contribution in [3.63, 3.8) is 0 Å². The Balaban J connectivity index is 0.000000110. The molecule has 6 nitrogen and oxygen atoms in total. The minimum absolute atomic E-state index is 0.495. The second-order valence-corrected chi connectivity index (χ2v) is 29.9. The van der Waals surface area contributed by atoms with Gasteiger partial charge in [0.1, 0.15) is 6.79 Å². The lowest BCUT2D eigenvalue weighted by molar-refractivity contribution is -0.0779. The molecule has 0 radical (unpaired) electrons. The van der Waals surface area contributed by atoms with Crippen LogP contribution in [0.5, 0.6) is 0 Å². The summed E-state index contributed by atoms with van der Waals surface area (Å²) in [5.74, 6) is 14.3. The number of hydrogen-bond donors (Lipinski definition) is 0. The van der Waals surface area contributed by atoms with Crippen molar-refractivity contribution >= 4 is 17.1 Å². The maximum Gasteiger partial charge on any atom is 0.331 e. The molecule has 0 aromatic heterocycles. The smallest absolute Gasteiger partial charge is 0.331 e. The van der Waals surface area contributed by atoms with Gasteiger partial charge in [-0.25, -0.2) is 0 Å². The molecule has 0 amide bonds. The van der Waals surface area contributed by atoms with Gasteiger partial charge in [-0.1, -0.05) is 72.9 Å². The zero-order valence-corrected chi connectivity index (χ0v) is 40.2. The molecule has 0 aliphatic heterocycles. The van der Waals surface area contributed by atoms with Crippen molar-refractivity contribution in [1.82, 2.24) is 0 Å². The Morgan fingerprint density at radius 3 is 0.689 bits per heavy atom. The minimum Gasteiger partial charge on any atom is -0.394 e. The van der Waals surface area contributed by atoms with Crippen LogP contribution >= 0.6 is 0 Å². The van der Waals surface area contributed by atoms with Gasteiger partial charge >= 0.3 is 17.1 Å². The molecule has 6 saturated carbocycles. The molecule has 12 aliphatic rings. The summed E-state index contributed by atoms with van der Waals surface area (Å²) >= 11 is 0. The van der Waals surface area contributed by atoms with E-state index in [1.807, 2.05) is 0 Å². The van der Waals surface area contributed by atoms with Crippen LogP contribution in [0.15, 0.2) is 72.9 Å². The molecule has 0 spiro atoms. The SMILES string of the molecule is C1=CC2CC1CC2COCOCC1CC2C=CC1C2.C[Si](C)(OCC1CC2C=CC1C2)OCC1CC2C=CC1C2.C[Si](C)(OCC1CC2C=CC1C2)OCC1CC2C=CC1C2. The molecule has 0 N–H and O–H groups in total. The van der Waals surface area contributed by atoms with Crippen LogP contribution in [0, 0.1) is 107 Å². The van der Waals surface area contributed by atoms with Crippen molar-refractivity contribution in [2.45, 2.75) is 103 Å². The van der Waals surface area contributed by atoms with Gasteiger partial charge in [-0.3, -0.25) is 0 Å². The highest BCUT2D eigenvalue weighted by atomic mass is 28.4. The Bertz CT molecular complexity index is 1480. The third-order valence-electron chi connectivity index (χ3n) is 17.9. The van der Waals surface area contributed by atoms with Gasteiger partial charge in [0.15, 0.2) is 0 Å². The largest absolute Gasteiger partial charge is 0.394 e. The molecule has 61 heavy (non-hydrogen) atoms. The number of allylic oxidation sites excluding steroid dienone is 12. The molecule has 18 atom stereocenters. The fourth-order valence-electron chi connectivity index (χ4n) is 14.3. The third kappa shape index (κ3) is 10.7. The van der Waals surface area contributed by atoms with Crippen molar-refractivity contribution in [2.75, 3.05) is 46.4 Å². The molecule has 8 heteroatoms. The lowest BCUT2D eigenvalue weighted by Gasteiger charge is -2.29. The zero-order chi connectivity index (χ0) is 41.6. The molecule has 336 valence electrons. The zero-order valence-electron chi connectivity index (χ0n) is 38.2. The van der Waals surface area contributed by atoms with E-state index in [1.54, 1.807) is 0 Å². The molecular formula is C53H80O6Si2. The third-order valence-corrected chi connectivity index (χ3v) is 21.4. The van der Waals surface area contributed by atoms with Gasteiger partial charge in [-0.2, -0.15) is 0 Å². The van der Waals surface area contributed by atoms with Crippen LogP contribution in [0.4, 0.5) is 0 Å². The van der Waals surface area contributed by atoms with Crippen LogP contribution in [0.2, 0.25) is 26.2 Å². The van der Waals surface area contributed by atoms with Gasteiger partial charge in [0, 0.05) is 26.4 Å². The fourth-order valence-corrected chi connectivity index (χ4v) is 16.9. The van der Waals surface area contributed by atoms with E-state index < -0.39 is 17.1 Å². The second kappa shape index (κ2) is 18.9. The van der Waals surface area contributed by atoms with Crippen LogP contribution in [0.1, 0.15) is 77.0 Å². The van der Waals surface area contributed by atoms with E-state index in [0.717, 1.165) is 146 Å². The normalized spacial score (nSPS) is 44.1. The monoisotopic (exact) mass is 869 g/mol. The summed E-state index contributed by atoms with van der Waals surface area (Å²) < 4.78 is 36.6. The molecule has 12 rings (SSSR count). The highest BCUT2D eigenvalue weighted by Crippen LogP contribution is 2.48. The average Bonchev–Trinajstić information content (AvgIpc) is 4.09.